The second-order valence-electron chi connectivity index (χ2n) is 6.92. The minimum absolute atomic E-state index is 0.582. The summed E-state index contributed by atoms with van der Waals surface area (Å²) in [5, 5.41) is 3.52. The van der Waals surface area contributed by atoms with Gasteiger partial charge in [-0.05, 0) is 57.5 Å². The van der Waals surface area contributed by atoms with Crippen molar-refractivity contribution >= 4 is 0 Å². The molecule has 0 aromatic rings. The van der Waals surface area contributed by atoms with Crippen molar-refractivity contribution in [2.45, 2.75) is 66.3 Å². The molecule has 0 bridgehead atoms. The summed E-state index contributed by atoms with van der Waals surface area (Å²) in [6.07, 6.45) is 5.45. The summed E-state index contributed by atoms with van der Waals surface area (Å²) in [5.41, 5.74) is 0.582. The molecule has 0 atom stereocenters. The van der Waals surface area contributed by atoms with Gasteiger partial charge in [-0.3, -0.25) is 0 Å². The van der Waals surface area contributed by atoms with Crippen molar-refractivity contribution in [1.29, 1.82) is 0 Å². The molecule has 1 heterocycles. The first-order valence-electron chi connectivity index (χ1n) is 7.94. The van der Waals surface area contributed by atoms with E-state index in [1.165, 1.54) is 51.9 Å². The Hall–Kier alpha value is -0.0800. The van der Waals surface area contributed by atoms with Gasteiger partial charge in [0.15, 0.2) is 0 Å². The van der Waals surface area contributed by atoms with Crippen LogP contribution in [-0.2, 0) is 0 Å². The fraction of sp³-hybridized carbons (Fsp3) is 1.00. The van der Waals surface area contributed by atoms with Crippen LogP contribution in [0.1, 0.15) is 60.3 Å². The summed E-state index contributed by atoms with van der Waals surface area (Å²) in [6, 6.07) is 0.677. The molecule has 2 heteroatoms. The van der Waals surface area contributed by atoms with Crippen LogP contribution in [0.15, 0.2) is 0 Å². The molecule has 0 saturated carbocycles. The predicted molar refractivity (Wildman–Crippen MR) is 81.0 cm³/mol. The van der Waals surface area contributed by atoms with Crippen LogP contribution in [0.4, 0.5) is 0 Å². The number of rotatable bonds is 7. The normalized spacial score (nSPS) is 20.0. The van der Waals surface area contributed by atoms with E-state index >= 15 is 0 Å². The summed E-state index contributed by atoms with van der Waals surface area (Å²) in [7, 11) is 0. The van der Waals surface area contributed by atoms with Crippen molar-refractivity contribution in [3.8, 4) is 0 Å². The van der Waals surface area contributed by atoms with Gasteiger partial charge in [0.2, 0.25) is 0 Å². The second-order valence-corrected chi connectivity index (χ2v) is 6.92. The molecule has 1 saturated heterocycles. The van der Waals surface area contributed by atoms with E-state index in [2.05, 4.69) is 44.8 Å². The van der Waals surface area contributed by atoms with E-state index in [4.69, 9.17) is 0 Å². The molecule has 108 valence electrons. The zero-order chi connectivity index (χ0) is 13.6. The smallest absolute Gasteiger partial charge is 0.00417 e. The molecule has 1 fully saturated rings. The minimum Gasteiger partial charge on any atom is -0.317 e. The first-order chi connectivity index (χ1) is 8.49. The number of piperidine rings is 1. The zero-order valence-corrected chi connectivity index (χ0v) is 13.3. The van der Waals surface area contributed by atoms with Crippen molar-refractivity contribution in [3.63, 3.8) is 0 Å². The van der Waals surface area contributed by atoms with Gasteiger partial charge < -0.3 is 10.2 Å². The van der Waals surface area contributed by atoms with Gasteiger partial charge in [0.25, 0.3) is 0 Å². The molecule has 1 rings (SSSR count). The summed E-state index contributed by atoms with van der Waals surface area (Å²) in [5.74, 6) is 0.771. The van der Waals surface area contributed by atoms with E-state index in [1.807, 2.05) is 0 Å². The fourth-order valence-corrected chi connectivity index (χ4v) is 3.33. The standard InChI is InChI=1S/C16H34N2/c1-6-7-16(8-10-17-11-9-16)13-18(15(4)5)12-14(2)3/h14-15,17H,6-13H2,1-5H3. The van der Waals surface area contributed by atoms with Crippen molar-refractivity contribution in [3.05, 3.63) is 0 Å². The minimum atomic E-state index is 0.582. The molecule has 0 radical (unpaired) electrons. The van der Waals surface area contributed by atoms with Crippen molar-refractivity contribution in [2.75, 3.05) is 26.2 Å². The molecular formula is C16H34N2. The highest BCUT2D eigenvalue weighted by Crippen LogP contribution is 2.35. The average Bonchev–Trinajstić information content (AvgIpc) is 2.29. The van der Waals surface area contributed by atoms with Crippen LogP contribution >= 0.6 is 0 Å². The highest BCUT2D eigenvalue weighted by Gasteiger charge is 2.33. The highest BCUT2D eigenvalue weighted by molar-refractivity contribution is 4.88. The quantitative estimate of drug-likeness (QED) is 0.748. The molecule has 0 aromatic heterocycles. The van der Waals surface area contributed by atoms with E-state index in [9.17, 15) is 0 Å². The number of hydrogen-bond acceptors (Lipinski definition) is 2. The van der Waals surface area contributed by atoms with Crippen molar-refractivity contribution in [2.24, 2.45) is 11.3 Å². The molecule has 0 spiro atoms. The van der Waals surface area contributed by atoms with E-state index in [0.717, 1.165) is 5.92 Å². The molecule has 0 amide bonds. The number of nitrogens with zero attached hydrogens (tertiary/aromatic N) is 1. The van der Waals surface area contributed by atoms with Crippen LogP contribution in [0.5, 0.6) is 0 Å². The lowest BCUT2D eigenvalue weighted by atomic mass is 9.74. The molecule has 0 unspecified atom stereocenters. The van der Waals surface area contributed by atoms with Crippen LogP contribution in [0.2, 0.25) is 0 Å². The van der Waals surface area contributed by atoms with E-state index in [1.54, 1.807) is 0 Å². The molecule has 0 aromatic carbocycles. The third-order valence-corrected chi connectivity index (χ3v) is 4.31. The maximum atomic E-state index is 3.52. The highest BCUT2D eigenvalue weighted by atomic mass is 15.2. The van der Waals surface area contributed by atoms with Gasteiger partial charge in [0.05, 0.1) is 0 Å². The van der Waals surface area contributed by atoms with Gasteiger partial charge in [-0.1, -0.05) is 27.2 Å². The van der Waals surface area contributed by atoms with Gasteiger partial charge in [-0.2, -0.15) is 0 Å². The van der Waals surface area contributed by atoms with Crippen LogP contribution in [0.25, 0.3) is 0 Å². The molecule has 1 N–H and O–H groups in total. The van der Waals surface area contributed by atoms with Gasteiger partial charge in [0.1, 0.15) is 0 Å². The largest absolute Gasteiger partial charge is 0.317 e. The van der Waals surface area contributed by atoms with Gasteiger partial charge >= 0.3 is 0 Å². The lowest BCUT2D eigenvalue weighted by Gasteiger charge is -2.43. The summed E-state index contributed by atoms with van der Waals surface area (Å²) in [4.78, 5) is 2.71. The van der Waals surface area contributed by atoms with E-state index in [0.29, 0.717) is 11.5 Å². The summed E-state index contributed by atoms with van der Waals surface area (Å²) in [6.45, 7) is 16.7. The first kappa shape index (κ1) is 16.0. The fourth-order valence-electron chi connectivity index (χ4n) is 3.33. The van der Waals surface area contributed by atoms with Crippen molar-refractivity contribution in [1.82, 2.24) is 10.2 Å². The molecule has 2 nitrogen and oxygen atoms in total. The summed E-state index contributed by atoms with van der Waals surface area (Å²) < 4.78 is 0. The molecule has 1 aliphatic heterocycles. The Kier molecular flexibility index (Phi) is 6.65. The zero-order valence-electron chi connectivity index (χ0n) is 13.3. The third kappa shape index (κ3) is 4.89. The third-order valence-electron chi connectivity index (χ3n) is 4.31. The predicted octanol–water partition coefficient (Wildman–Crippen LogP) is 3.52. The first-order valence-corrected chi connectivity index (χ1v) is 7.94. The Morgan fingerprint density at radius 1 is 1.11 bits per heavy atom. The Morgan fingerprint density at radius 2 is 1.72 bits per heavy atom. The maximum Gasteiger partial charge on any atom is 0.00417 e. The van der Waals surface area contributed by atoms with Crippen LogP contribution in [0, 0.1) is 11.3 Å². The van der Waals surface area contributed by atoms with E-state index < -0.39 is 0 Å². The van der Waals surface area contributed by atoms with Crippen LogP contribution < -0.4 is 5.32 Å². The topological polar surface area (TPSA) is 15.3 Å². The Labute approximate surface area is 115 Å². The van der Waals surface area contributed by atoms with Gasteiger partial charge in [-0.15, -0.1) is 0 Å². The molecule has 18 heavy (non-hydrogen) atoms. The Balaban J connectivity index is 2.66. The monoisotopic (exact) mass is 254 g/mol. The number of hydrogen-bond donors (Lipinski definition) is 1. The maximum absolute atomic E-state index is 3.52. The molecule has 1 aliphatic rings. The molecular weight excluding hydrogens is 220 g/mol. The lowest BCUT2D eigenvalue weighted by molar-refractivity contribution is 0.0738. The van der Waals surface area contributed by atoms with Crippen molar-refractivity contribution < 1.29 is 0 Å². The van der Waals surface area contributed by atoms with Crippen LogP contribution in [-0.4, -0.2) is 37.1 Å². The van der Waals surface area contributed by atoms with Crippen LogP contribution in [0.3, 0.4) is 0 Å². The summed E-state index contributed by atoms with van der Waals surface area (Å²) >= 11 is 0. The van der Waals surface area contributed by atoms with Gasteiger partial charge in [-0.25, -0.2) is 0 Å². The lowest BCUT2D eigenvalue weighted by Crippen LogP contribution is -2.47. The average molecular weight is 254 g/mol. The van der Waals surface area contributed by atoms with Gasteiger partial charge in [0, 0.05) is 19.1 Å². The SMILES string of the molecule is CCCC1(CN(CC(C)C)C(C)C)CCNCC1. The Bertz CT molecular complexity index is 212. The number of nitrogens with one attached hydrogen (secondary N) is 1. The second kappa shape index (κ2) is 7.49. The molecule has 0 aliphatic carbocycles. The van der Waals surface area contributed by atoms with E-state index in [-0.39, 0.29) is 0 Å². The Morgan fingerprint density at radius 3 is 2.17 bits per heavy atom.